The van der Waals surface area contributed by atoms with Crippen LogP contribution in [0.1, 0.15) is 41.2 Å². The fourth-order valence-electron chi connectivity index (χ4n) is 3.21. The molecule has 6 heteroatoms. The Morgan fingerprint density at radius 1 is 1.38 bits per heavy atom. The number of benzene rings is 1. The number of carbonyl (C=O) groups excluding carboxylic acids is 1. The van der Waals surface area contributed by atoms with Crippen LogP contribution in [-0.2, 0) is 6.42 Å². The van der Waals surface area contributed by atoms with E-state index >= 15 is 0 Å². The van der Waals surface area contributed by atoms with Gasteiger partial charge >= 0.3 is 0 Å². The minimum absolute atomic E-state index is 0.165. The maximum absolute atomic E-state index is 12.5. The van der Waals surface area contributed by atoms with Crippen molar-refractivity contribution in [1.29, 1.82) is 0 Å². The van der Waals surface area contributed by atoms with E-state index in [2.05, 4.69) is 28.3 Å². The van der Waals surface area contributed by atoms with Gasteiger partial charge in [0, 0.05) is 24.9 Å². The number of amides is 1. The van der Waals surface area contributed by atoms with E-state index in [-0.39, 0.29) is 5.91 Å². The number of rotatable bonds is 6. The molecule has 1 heterocycles. The molecule has 1 fully saturated rings. The topological polar surface area (TPSA) is 71.2 Å². The zero-order valence-corrected chi connectivity index (χ0v) is 14.8. The van der Waals surface area contributed by atoms with Gasteiger partial charge in [-0.2, -0.15) is 0 Å². The maximum Gasteiger partial charge on any atom is 0.275 e. The van der Waals surface area contributed by atoms with Gasteiger partial charge in [0.25, 0.3) is 5.91 Å². The molecule has 1 aliphatic carbocycles. The standard InChI is InChI=1S/C18H24N4OS/c1-22(13-6-2-3-7-13)16-9-5-4-8-14(16)21-18(23)15-12-24-17(20-15)10-11-19/h4-5,8-9,12-13H,2-3,6-7,10-11,19H2,1H3,(H,21,23). The zero-order valence-electron chi connectivity index (χ0n) is 14.0. The first kappa shape index (κ1) is 16.9. The highest BCUT2D eigenvalue weighted by Crippen LogP contribution is 2.32. The lowest BCUT2D eigenvalue weighted by atomic mass is 10.1. The fourth-order valence-corrected chi connectivity index (χ4v) is 4.01. The van der Waals surface area contributed by atoms with Crippen molar-refractivity contribution in [2.75, 3.05) is 23.8 Å². The lowest BCUT2D eigenvalue weighted by molar-refractivity contribution is 0.102. The number of hydrogen-bond donors (Lipinski definition) is 2. The van der Waals surface area contributed by atoms with Gasteiger partial charge in [0.1, 0.15) is 5.69 Å². The molecule has 1 aliphatic rings. The molecule has 0 atom stereocenters. The number of thiazole rings is 1. The SMILES string of the molecule is CN(c1ccccc1NC(=O)c1csc(CCN)n1)C1CCCC1. The summed E-state index contributed by atoms with van der Waals surface area (Å²) in [5, 5.41) is 5.72. The fraction of sp³-hybridized carbons (Fsp3) is 0.444. The summed E-state index contributed by atoms with van der Waals surface area (Å²) in [5.74, 6) is -0.165. The summed E-state index contributed by atoms with van der Waals surface area (Å²) < 4.78 is 0. The van der Waals surface area contributed by atoms with E-state index in [1.165, 1.54) is 37.0 Å². The smallest absolute Gasteiger partial charge is 0.275 e. The first-order chi connectivity index (χ1) is 11.7. The average Bonchev–Trinajstić information content (AvgIpc) is 3.27. The van der Waals surface area contributed by atoms with Crippen molar-refractivity contribution >= 4 is 28.6 Å². The predicted octanol–water partition coefficient (Wildman–Crippen LogP) is 3.28. The lowest BCUT2D eigenvalue weighted by Gasteiger charge is -2.28. The summed E-state index contributed by atoms with van der Waals surface area (Å²) >= 11 is 1.48. The summed E-state index contributed by atoms with van der Waals surface area (Å²) in [7, 11) is 2.11. The molecule has 3 rings (SSSR count). The van der Waals surface area contributed by atoms with Crippen molar-refractivity contribution in [2.45, 2.75) is 38.1 Å². The van der Waals surface area contributed by atoms with Crippen LogP contribution in [0, 0.1) is 0 Å². The average molecular weight is 344 g/mol. The largest absolute Gasteiger partial charge is 0.370 e. The van der Waals surface area contributed by atoms with Gasteiger partial charge in [-0.3, -0.25) is 4.79 Å². The molecule has 0 aliphatic heterocycles. The first-order valence-electron chi connectivity index (χ1n) is 8.46. The van der Waals surface area contributed by atoms with Gasteiger partial charge in [-0.25, -0.2) is 4.98 Å². The Labute approximate surface area is 146 Å². The van der Waals surface area contributed by atoms with Gasteiger partial charge in [0.05, 0.1) is 16.4 Å². The van der Waals surface area contributed by atoms with E-state index in [1.807, 2.05) is 18.2 Å². The zero-order chi connectivity index (χ0) is 16.9. The minimum Gasteiger partial charge on any atom is -0.370 e. The second-order valence-electron chi connectivity index (χ2n) is 6.19. The van der Waals surface area contributed by atoms with Crippen LogP contribution >= 0.6 is 11.3 Å². The van der Waals surface area contributed by atoms with Crippen molar-refractivity contribution in [3.63, 3.8) is 0 Å². The Bertz CT molecular complexity index is 694. The minimum atomic E-state index is -0.165. The number of nitrogens with two attached hydrogens (primary N) is 1. The van der Waals surface area contributed by atoms with Crippen LogP contribution in [-0.4, -0.2) is 30.5 Å². The second kappa shape index (κ2) is 7.77. The molecule has 3 N–H and O–H groups in total. The monoisotopic (exact) mass is 344 g/mol. The summed E-state index contributed by atoms with van der Waals surface area (Å²) in [6.07, 6.45) is 5.71. The third kappa shape index (κ3) is 3.76. The maximum atomic E-state index is 12.5. The number of nitrogens with zero attached hydrogens (tertiary/aromatic N) is 2. The van der Waals surface area contributed by atoms with Crippen LogP contribution in [0.4, 0.5) is 11.4 Å². The number of carbonyl (C=O) groups is 1. The van der Waals surface area contributed by atoms with Gasteiger partial charge in [-0.05, 0) is 31.5 Å². The Morgan fingerprint density at radius 2 is 2.12 bits per heavy atom. The van der Waals surface area contributed by atoms with E-state index in [4.69, 9.17) is 5.73 Å². The van der Waals surface area contributed by atoms with E-state index in [1.54, 1.807) is 5.38 Å². The van der Waals surface area contributed by atoms with E-state index in [0.29, 0.717) is 24.7 Å². The van der Waals surface area contributed by atoms with Crippen LogP contribution in [0.3, 0.4) is 0 Å². The molecular formula is C18H24N4OS. The van der Waals surface area contributed by atoms with E-state index in [9.17, 15) is 4.79 Å². The second-order valence-corrected chi connectivity index (χ2v) is 7.13. The summed E-state index contributed by atoms with van der Waals surface area (Å²) in [5.41, 5.74) is 7.91. The van der Waals surface area contributed by atoms with Crippen molar-refractivity contribution < 1.29 is 4.79 Å². The van der Waals surface area contributed by atoms with Crippen molar-refractivity contribution in [3.05, 3.63) is 40.3 Å². The molecule has 0 radical (unpaired) electrons. The van der Waals surface area contributed by atoms with Crippen molar-refractivity contribution in [3.8, 4) is 0 Å². The molecule has 1 amide bonds. The molecule has 0 bridgehead atoms. The highest BCUT2D eigenvalue weighted by molar-refractivity contribution is 7.09. The Balaban J connectivity index is 1.75. The van der Waals surface area contributed by atoms with Crippen LogP contribution < -0.4 is 16.0 Å². The van der Waals surface area contributed by atoms with Gasteiger partial charge in [0.2, 0.25) is 0 Å². The Kier molecular flexibility index (Phi) is 5.48. The van der Waals surface area contributed by atoms with Crippen LogP contribution in [0.15, 0.2) is 29.6 Å². The van der Waals surface area contributed by atoms with Gasteiger partial charge in [-0.15, -0.1) is 11.3 Å². The molecule has 2 aromatic rings. The summed E-state index contributed by atoms with van der Waals surface area (Å²) in [4.78, 5) is 19.2. The van der Waals surface area contributed by atoms with Crippen LogP contribution in [0.5, 0.6) is 0 Å². The van der Waals surface area contributed by atoms with Gasteiger partial charge in [-0.1, -0.05) is 25.0 Å². The highest BCUT2D eigenvalue weighted by atomic mass is 32.1. The number of para-hydroxylation sites is 2. The van der Waals surface area contributed by atoms with Crippen LogP contribution in [0.25, 0.3) is 0 Å². The molecule has 0 saturated heterocycles. The molecule has 5 nitrogen and oxygen atoms in total. The third-order valence-electron chi connectivity index (χ3n) is 4.55. The molecule has 1 saturated carbocycles. The normalized spacial score (nSPS) is 14.8. The quantitative estimate of drug-likeness (QED) is 0.844. The first-order valence-corrected chi connectivity index (χ1v) is 9.34. The van der Waals surface area contributed by atoms with Gasteiger partial charge < -0.3 is 16.0 Å². The Hall–Kier alpha value is -1.92. The molecule has 1 aromatic heterocycles. The molecule has 0 spiro atoms. The predicted molar refractivity (Wildman–Crippen MR) is 99.9 cm³/mol. The molecule has 24 heavy (non-hydrogen) atoms. The van der Waals surface area contributed by atoms with Crippen molar-refractivity contribution in [1.82, 2.24) is 4.98 Å². The van der Waals surface area contributed by atoms with Crippen LogP contribution in [0.2, 0.25) is 0 Å². The molecule has 128 valence electrons. The number of anilines is 2. The number of nitrogens with one attached hydrogen (secondary N) is 1. The van der Waals surface area contributed by atoms with Crippen molar-refractivity contribution in [2.24, 2.45) is 5.73 Å². The lowest BCUT2D eigenvalue weighted by Crippen LogP contribution is -2.29. The Morgan fingerprint density at radius 3 is 2.88 bits per heavy atom. The molecule has 1 aromatic carbocycles. The number of hydrogen-bond acceptors (Lipinski definition) is 5. The summed E-state index contributed by atoms with van der Waals surface area (Å²) in [6.45, 7) is 0.545. The highest BCUT2D eigenvalue weighted by Gasteiger charge is 2.22. The molecular weight excluding hydrogens is 320 g/mol. The van der Waals surface area contributed by atoms with Gasteiger partial charge in [0.15, 0.2) is 0 Å². The van der Waals surface area contributed by atoms with E-state index in [0.717, 1.165) is 16.4 Å². The molecule has 0 unspecified atom stereocenters. The number of aromatic nitrogens is 1. The third-order valence-corrected chi connectivity index (χ3v) is 5.46. The van der Waals surface area contributed by atoms with E-state index < -0.39 is 0 Å². The summed E-state index contributed by atoms with van der Waals surface area (Å²) in [6, 6.07) is 8.53.